The molecule has 0 saturated heterocycles. The Morgan fingerprint density at radius 1 is 1.32 bits per heavy atom. The van der Waals surface area contributed by atoms with E-state index in [0.717, 1.165) is 26.3 Å². The van der Waals surface area contributed by atoms with Gasteiger partial charge in [0, 0.05) is 9.37 Å². The Labute approximate surface area is 142 Å². The van der Waals surface area contributed by atoms with Gasteiger partial charge in [-0.2, -0.15) is 5.10 Å². The molecular formula is C16H17BrN2O2S. The molecule has 1 N–H and O–H groups in total. The first-order valence-corrected chi connectivity index (χ1v) is 8.51. The summed E-state index contributed by atoms with van der Waals surface area (Å²) in [6, 6.07) is 7.78. The minimum atomic E-state index is -0.149. The second-order valence-corrected chi connectivity index (χ2v) is 6.77. The van der Waals surface area contributed by atoms with Gasteiger partial charge in [0.1, 0.15) is 11.5 Å². The molecule has 0 fully saturated rings. The largest absolute Gasteiger partial charge is 0.460 e. The molecule has 116 valence electrons. The van der Waals surface area contributed by atoms with E-state index < -0.39 is 0 Å². The predicted molar refractivity (Wildman–Crippen MR) is 93.5 cm³/mol. The zero-order valence-electron chi connectivity index (χ0n) is 12.6. The van der Waals surface area contributed by atoms with Crippen LogP contribution in [0.15, 0.2) is 43.2 Å². The average molecular weight is 381 g/mol. The van der Waals surface area contributed by atoms with Gasteiger partial charge in [0.2, 0.25) is 5.91 Å². The van der Waals surface area contributed by atoms with E-state index in [-0.39, 0.29) is 5.91 Å². The smallest absolute Gasteiger partial charge is 0.250 e. The molecule has 0 spiro atoms. The Bertz CT molecular complexity index is 710. The van der Waals surface area contributed by atoms with Crippen molar-refractivity contribution in [1.29, 1.82) is 0 Å². The molecule has 1 heterocycles. The Kier molecular flexibility index (Phi) is 5.85. The summed E-state index contributed by atoms with van der Waals surface area (Å²) < 4.78 is 6.41. The molecular weight excluding hydrogens is 364 g/mol. The zero-order chi connectivity index (χ0) is 16.1. The van der Waals surface area contributed by atoms with Gasteiger partial charge in [-0.1, -0.05) is 15.9 Å². The van der Waals surface area contributed by atoms with E-state index in [1.54, 1.807) is 6.07 Å². The van der Waals surface area contributed by atoms with Gasteiger partial charge < -0.3 is 4.42 Å². The number of rotatable bonds is 5. The van der Waals surface area contributed by atoms with Gasteiger partial charge in [0.15, 0.2) is 0 Å². The third-order valence-electron chi connectivity index (χ3n) is 2.96. The van der Waals surface area contributed by atoms with Gasteiger partial charge in [-0.15, -0.1) is 11.8 Å². The molecule has 2 aromatic rings. The lowest BCUT2D eigenvalue weighted by molar-refractivity contribution is -0.118. The predicted octanol–water partition coefficient (Wildman–Crippen LogP) is 4.21. The summed E-state index contributed by atoms with van der Waals surface area (Å²) in [6.45, 7) is 5.92. The third kappa shape index (κ3) is 4.74. The number of hydrazone groups is 1. The lowest BCUT2D eigenvalue weighted by atomic mass is 10.2. The van der Waals surface area contributed by atoms with E-state index in [1.807, 2.05) is 26.8 Å². The molecule has 22 heavy (non-hydrogen) atoms. The maximum absolute atomic E-state index is 11.8. The molecule has 2 rings (SSSR count). The Morgan fingerprint density at radius 3 is 2.77 bits per heavy atom. The number of carbonyl (C=O) groups is 1. The Balaban J connectivity index is 1.85. The van der Waals surface area contributed by atoms with Crippen LogP contribution in [-0.2, 0) is 4.79 Å². The fourth-order valence-electron chi connectivity index (χ4n) is 1.78. The highest BCUT2D eigenvalue weighted by molar-refractivity contribution is 9.10. The number of hydrogen-bond donors (Lipinski definition) is 1. The normalized spacial score (nSPS) is 11.1. The topological polar surface area (TPSA) is 54.6 Å². The van der Waals surface area contributed by atoms with E-state index in [2.05, 4.69) is 38.6 Å². The third-order valence-corrected chi connectivity index (χ3v) is 4.97. The molecule has 0 aliphatic carbocycles. The van der Waals surface area contributed by atoms with Crippen molar-refractivity contribution in [3.8, 4) is 0 Å². The van der Waals surface area contributed by atoms with Crippen LogP contribution >= 0.6 is 27.7 Å². The number of benzene rings is 1. The molecule has 4 nitrogen and oxygen atoms in total. The van der Waals surface area contributed by atoms with Gasteiger partial charge in [-0.25, -0.2) is 5.43 Å². The van der Waals surface area contributed by atoms with Crippen LogP contribution in [0.5, 0.6) is 0 Å². The van der Waals surface area contributed by atoms with Crippen LogP contribution in [0.3, 0.4) is 0 Å². The quantitative estimate of drug-likeness (QED) is 0.480. The molecule has 0 radical (unpaired) electrons. The van der Waals surface area contributed by atoms with E-state index in [4.69, 9.17) is 4.42 Å². The van der Waals surface area contributed by atoms with Crippen LogP contribution in [-0.4, -0.2) is 17.9 Å². The van der Waals surface area contributed by atoms with Crippen LogP contribution in [0.4, 0.5) is 0 Å². The fraction of sp³-hybridized carbons (Fsp3) is 0.250. The number of thioether (sulfide) groups is 1. The van der Waals surface area contributed by atoms with Crippen LogP contribution in [0.25, 0.3) is 0 Å². The maximum atomic E-state index is 11.8. The second kappa shape index (κ2) is 7.65. The van der Waals surface area contributed by atoms with Crippen molar-refractivity contribution < 1.29 is 9.21 Å². The standard InChI is InChI=1S/C16H17BrN2O2S/c1-10-7-15(11(2)6-14(10)17)22-9-16(20)19-18-8-13-5-4-12(3)21-13/h4-8H,9H2,1-3H3,(H,19,20)/b18-8-. The first kappa shape index (κ1) is 16.8. The van der Waals surface area contributed by atoms with Gasteiger partial charge in [0.05, 0.1) is 12.0 Å². The number of nitrogens with one attached hydrogen (secondary N) is 1. The van der Waals surface area contributed by atoms with Crippen molar-refractivity contribution in [2.24, 2.45) is 5.10 Å². The molecule has 1 aromatic heterocycles. The lowest BCUT2D eigenvalue weighted by Crippen LogP contribution is -2.19. The van der Waals surface area contributed by atoms with E-state index >= 15 is 0 Å². The van der Waals surface area contributed by atoms with Crippen molar-refractivity contribution in [3.05, 3.63) is 51.4 Å². The molecule has 0 aliphatic heterocycles. The number of amides is 1. The first-order chi connectivity index (χ1) is 10.5. The van der Waals surface area contributed by atoms with E-state index in [9.17, 15) is 4.79 Å². The van der Waals surface area contributed by atoms with Crippen molar-refractivity contribution in [1.82, 2.24) is 5.43 Å². The summed E-state index contributed by atoms with van der Waals surface area (Å²) in [7, 11) is 0. The van der Waals surface area contributed by atoms with Crippen molar-refractivity contribution in [2.75, 3.05) is 5.75 Å². The van der Waals surface area contributed by atoms with E-state index in [0.29, 0.717) is 11.5 Å². The van der Waals surface area contributed by atoms with Crippen LogP contribution in [0, 0.1) is 20.8 Å². The Morgan fingerprint density at radius 2 is 2.09 bits per heavy atom. The van der Waals surface area contributed by atoms with Gasteiger partial charge in [-0.3, -0.25) is 4.79 Å². The minimum Gasteiger partial charge on any atom is -0.460 e. The van der Waals surface area contributed by atoms with Crippen molar-refractivity contribution >= 4 is 39.8 Å². The minimum absolute atomic E-state index is 0.149. The zero-order valence-corrected chi connectivity index (χ0v) is 15.0. The summed E-state index contributed by atoms with van der Waals surface area (Å²) in [5.74, 6) is 1.59. The second-order valence-electron chi connectivity index (χ2n) is 4.90. The summed E-state index contributed by atoms with van der Waals surface area (Å²) in [5.41, 5.74) is 4.79. The number of carbonyl (C=O) groups excluding carboxylic acids is 1. The van der Waals surface area contributed by atoms with Crippen molar-refractivity contribution in [3.63, 3.8) is 0 Å². The number of aryl methyl sites for hydroxylation is 3. The molecule has 6 heteroatoms. The summed E-state index contributed by atoms with van der Waals surface area (Å²) >= 11 is 5.00. The van der Waals surface area contributed by atoms with E-state index in [1.165, 1.54) is 18.0 Å². The first-order valence-electron chi connectivity index (χ1n) is 6.73. The molecule has 0 aliphatic rings. The summed E-state index contributed by atoms with van der Waals surface area (Å²) in [5, 5.41) is 3.88. The molecule has 0 unspecified atom stereocenters. The molecule has 0 bridgehead atoms. The van der Waals surface area contributed by atoms with Crippen molar-refractivity contribution in [2.45, 2.75) is 25.7 Å². The molecule has 0 atom stereocenters. The highest BCUT2D eigenvalue weighted by Gasteiger charge is 2.06. The van der Waals surface area contributed by atoms with Gasteiger partial charge in [-0.05, 0) is 56.2 Å². The maximum Gasteiger partial charge on any atom is 0.250 e. The highest BCUT2D eigenvalue weighted by atomic mass is 79.9. The number of nitrogens with zero attached hydrogens (tertiary/aromatic N) is 1. The monoisotopic (exact) mass is 380 g/mol. The number of hydrogen-bond acceptors (Lipinski definition) is 4. The summed E-state index contributed by atoms with van der Waals surface area (Å²) in [6.07, 6.45) is 1.49. The highest BCUT2D eigenvalue weighted by Crippen LogP contribution is 2.28. The van der Waals surface area contributed by atoms with Gasteiger partial charge >= 0.3 is 0 Å². The van der Waals surface area contributed by atoms with Gasteiger partial charge in [0.25, 0.3) is 0 Å². The molecule has 1 aromatic carbocycles. The SMILES string of the molecule is Cc1ccc(/C=N\NC(=O)CSc2cc(C)c(Br)cc2C)o1. The van der Waals surface area contributed by atoms with Crippen LogP contribution in [0.2, 0.25) is 0 Å². The number of halogens is 1. The van der Waals surface area contributed by atoms with Crippen LogP contribution in [0.1, 0.15) is 22.6 Å². The van der Waals surface area contributed by atoms with Crippen LogP contribution < -0.4 is 5.43 Å². The average Bonchev–Trinajstić information content (AvgIpc) is 2.87. The Hall–Kier alpha value is -1.53. The number of furan rings is 1. The molecule has 1 amide bonds. The fourth-order valence-corrected chi connectivity index (χ4v) is 3.13. The molecule has 0 saturated carbocycles. The lowest BCUT2D eigenvalue weighted by Gasteiger charge is -2.08. The summed E-state index contributed by atoms with van der Waals surface area (Å²) in [4.78, 5) is 12.9.